The van der Waals surface area contributed by atoms with Crippen molar-refractivity contribution in [2.75, 3.05) is 25.7 Å². The van der Waals surface area contributed by atoms with E-state index in [4.69, 9.17) is 19.9 Å². The molecule has 7 heteroatoms. The lowest BCUT2D eigenvalue weighted by Gasteiger charge is -2.34. The van der Waals surface area contributed by atoms with Gasteiger partial charge in [0, 0.05) is 0 Å². The molecule has 0 saturated heterocycles. The van der Waals surface area contributed by atoms with Crippen molar-refractivity contribution < 1.29 is 23.8 Å². The van der Waals surface area contributed by atoms with Crippen molar-refractivity contribution in [1.82, 2.24) is 0 Å². The van der Waals surface area contributed by atoms with E-state index in [0.717, 1.165) is 5.56 Å². The van der Waals surface area contributed by atoms with Gasteiger partial charge < -0.3 is 19.9 Å². The third kappa shape index (κ3) is 5.30. The van der Waals surface area contributed by atoms with Crippen LogP contribution in [0.25, 0.3) is 0 Å². The van der Waals surface area contributed by atoms with Crippen LogP contribution in [-0.2, 0) is 14.3 Å². The van der Waals surface area contributed by atoms with Crippen LogP contribution in [0, 0.1) is 6.92 Å². The van der Waals surface area contributed by atoms with E-state index in [1.54, 1.807) is 57.2 Å². The Bertz CT molecular complexity index is 865. The average molecular weight is 415 g/mol. The van der Waals surface area contributed by atoms with Gasteiger partial charge in [-0.3, -0.25) is 9.69 Å². The number of methoxy groups -OCH3 is 2. The molecule has 0 radical (unpaired) electrons. The molecule has 2 N–H and O–H groups in total. The van der Waals surface area contributed by atoms with E-state index >= 15 is 0 Å². The Morgan fingerprint density at radius 1 is 1.03 bits per heavy atom. The van der Waals surface area contributed by atoms with Gasteiger partial charge in [0.25, 0.3) is 0 Å². The van der Waals surface area contributed by atoms with E-state index in [-0.39, 0.29) is 6.54 Å². The Hall–Kier alpha value is -3.06. The zero-order valence-corrected chi connectivity index (χ0v) is 18.4. The SMILES string of the molecule is COc1cc(C)cc(OC)c1N(C(=O)CN)C(C(=O)OC(C)(C)C)c1ccccc1. The standard InChI is InChI=1S/C23H30N2O5/c1-15-12-17(28-5)21(18(13-15)29-6)25(19(26)14-24)20(16-10-8-7-9-11-16)22(27)30-23(2,3)4/h7-13,20H,14,24H2,1-6H3. The number of esters is 1. The highest BCUT2D eigenvalue weighted by Crippen LogP contribution is 2.43. The number of hydrogen-bond donors (Lipinski definition) is 1. The molecule has 0 spiro atoms. The summed E-state index contributed by atoms with van der Waals surface area (Å²) >= 11 is 0. The molecule has 0 aliphatic rings. The van der Waals surface area contributed by atoms with E-state index < -0.39 is 23.5 Å². The van der Waals surface area contributed by atoms with Gasteiger partial charge >= 0.3 is 5.97 Å². The lowest BCUT2D eigenvalue weighted by Crippen LogP contribution is -2.44. The predicted octanol–water partition coefficient (Wildman–Crippen LogP) is 3.39. The van der Waals surface area contributed by atoms with E-state index in [1.165, 1.54) is 19.1 Å². The molecule has 2 rings (SSSR count). The molecule has 1 amide bonds. The minimum atomic E-state index is -1.08. The number of nitrogens with zero attached hydrogens (tertiary/aromatic N) is 1. The van der Waals surface area contributed by atoms with Gasteiger partial charge in [-0.2, -0.15) is 0 Å². The summed E-state index contributed by atoms with van der Waals surface area (Å²) in [6.45, 7) is 6.89. The maximum absolute atomic E-state index is 13.3. The number of carbonyl (C=O) groups is 2. The normalized spacial score (nSPS) is 12.1. The number of ether oxygens (including phenoxy) is 3. The highest BCUT2D eigenvalue weighted by Gasteiger charge is 2.38. The number of amides is 1. The van der Waals surface area contributed by atoms with Gasteiger partial charge in [-0.15, -0.1) is 0 Å². The number of aryl methyl sites for hydroxylation is 1. The first-order valence-electron chi connectivity index (χ1n) is 9.65. The smallest absolute Gasteiger partial charge is 0.334 e. The molecule has 0 aliphatic heterocycles. The third-order valence-corrected chi connectivity index (χ3v) is 4.31. The third-order valence-electron chi connectivity index (χ3n) is 4.31. The molecule has 7 nitrogen and oxygen atoms in total. The van der Waals surface area contributed by atoms with Crippen LogP contribution in [0.5, 0.6) is 11.5 Å². The molecule has 1 atom stereocenters. The van der Waals surface area contributed by atoms with Crippen molar-refractivity contribution in [1.29, 1.82) is 0 Å². The molecule has 0 aromatic heterocycles. The number of nitrogens with two attached hydrogens (primary N) is 1. The predicted molar refractivity (Wildman–Crippen MR) is 116 cm³/mol. The minimum absolute atomic E-state index is 0.313. The lowest BCUT2D eigenvalue weighted by atomic mass is 10.0. The summed E-state index contributed by atoms with van der Waals surface area (Å²) in [5.41, 5.74) is 6.77. The van der Waals surface area contributed by atoms with Crippen molar-refractivity contribution >= 4 is 17.6 Å². The van der Waals surface area contributed by atoms with Crippen LogP contribution in [0.2, 0.25) is 0 Å². The summed E-state index contributed by atoms with van der Waals surface area (Å²) in [6, 6.07) is 11.4. The molecular formula is C23H30N2O5. The summed E-state index contributed by atoms with van der Waals surface area (Å²) in [6.07, 6.45) is 0. The van der Waals surface area contributed by atoms with Gasteiger partial charge in [0.2, 0.25) is 5.91 Å². The van der Waals surface area contributed by atoms with Gasteiger partial charge in [0.1, 0.15) is 22.8 Å². The molecule has 2 aromatic carbocycles. The highest BCUT2D eigenvalue weighted by atomic mass is 16.6. The summed E-state index contributed by atoms with van der Waals surface area (Å²) in [4.78, 5) is 27.7. The van der Waals surface area contributed by atoms with Crippen LogP contribution >= 0.6 is 0 Å². The molecule has 30 heavy (non-hydrogen) atoms. The van der Waals surface area contributed by atoms with E-state index in [9.17, 15) is 9.59 Å². The maximum atomic E-state index is 13.3. The Morgan fingerprint density at radius 2 is 1.57 bits per heavy atom. The van der Waals surface area contributed by atoms with E-state index in [2.05, 4.69) is 0 Å². The Kier molecular flexibility index (Phi) is 7.45. The largest absolute Gasteiger partial charge is 0.494 e. The Labute approximate surface area is 177 Å². The first-order chi connectivity index (χ1) is 14.1. The lowest BCUT2D eigenvalue weighted by molar-refractivity contribution is -0.157. The van der Waals surface area contributed by atoms with Gasteiger partial charge in [-0.1, -0.05) is 30.3 Å². The second-order valence-electron chi connectivity index (χ2n) is 7.83. The zero-order chi connectivity index (χ0) is 22.5. The fraction of sp³-hybridized carbons (Fsp3) is 0.391. The number of rotatable bonds is 7. The van der Waals surface area contributed by atoms with Crippen LogP contribution in [-0.4, -0.2) is 38.2 Å². The topological polar surface area (TPSA) is 91.1 Å². The Balaban J connectivity index is 2.79. The fourth-order valence-electron chi connectivity index (χ4n) is 3.14. The van der Waals surface area contributed by atoms with Crippen LogP contribution in [0.15, 0.2) is 42.5 Å². The maximum Gasteiger partial charge on any atom is 0.334 e. The van der Waals surface area contributed by atoms with Gasteiger partial charge in [-0.25, -0.2) is 4.79 Å². The number of anilines is 1. The van der Waals surface area contributed by atoms with Gasteiger partial charge in [-0.05, 0) is 51.0 Å². The van der Waals surface area contributed by atoms with Crippen LogP contribution in [0.4, 0.5) is 5.69 Å². The molecule has 0 aliphatic carbocycles. The fourth-order valence-corrected chi connectivity index (χ4v) is 3.14. The summed E-state index contributed by atoms with van der Waals surface area (Å²) in [7, 11) is 2.99. The molecule has 162 valence electrons. The molecule has 2 aromatic rings. The van der Waals surface area contributed by atoms with Crippen LogP contribution < -0.4 is 20.1 Å². The number of carbonyl (C=O) groups excluding carboxylic acids is 2. The van der Waals surface area contributed by atoms with Crippen molar-refractivity contribution in [2.24, 2.45) is 5.73 Å². The first kappa shape index (κ1) is 23.2. The van der Waals surface area contributed by atoms with E-state index in [1.807, 2.05) is 13.0 Å². The van der Waals surface area contributed by atoms with Crippen molar-refractivity contribution in [3.05, 3.63) is 53.6 Å². The average Bonchev–Trinajstić information content (AvgIpc) is 2.70. The number of hydrogen-bond acceptors (Lipinski definition) is 6. The molecule has 0 heterocycles. The molecule has 0 bridgehead atoms. The van der Waals surface area contributed by atoms with Crippen molar-refractivity contribution in [2.45, 2.75) is 39.3 Å². The van der Waals surface area contributed by atoms with Crippen molar-refractivity contribution in [3.63, 3.8) is 0 Å². The zero-order valence-electron chi connectivity index (χ0n) is 18.4. The second kappa shape index (κ2) is 9.63. The minimum Gasteiger partial charge on any atom is -0.494 e. The van der Waals surface area contributed by atoms with Gasteiger partial charge in [0.15, 0.2) is 6.04 Å². The molecular weight excluding hydrogens is 384 g/mol. The molecule has 0 saturated carbocycles. The monoisotopic (exact) mass is 414 g/mol. The van der Waals surface area contributed by atoms with Crippen LogP contribution in [0.1, 0.15) is 37.9 Å². The first-order valence-corrected chi connectivity index (χ1v) is 9.65. The summed E-state index contributed by atoms with van der Waals surface area (Å²) in [5.74, 6) is -0.286. The van der Waals surface area contributed by atoms with Crippen molar-refractivity contribution in [3.8, 4) is 11.5 Å². The Morgan fingerprint density at radius 3 is 2.00 bits per heavy atom. The quantitative estimate of drug-likeness (QED) is 0.699. The molecule has 1 unspecified atom stereocenters. The highest BCUT2D eigenvalue weighted by molar-refractivity contribution is 6.03. The molecule has 0 fully saturated rings. The van der Waals surface area contributed by atoms with Crippen LogP contribution in [0.3, 0.4) is 0 Å². The van der Waals surface area contributed by atoms with Gasteiger partial charge in [0.05, 0.1) is 20.8 Å². The number of benzene rings is 2. The second-order valence-corrected chi connectivity index (χ2v) is 7.83. The summed E-state index contributed by atoms with van der Waals surface area (Å²) < 4.78 is 16.8. The van der Waals surface area contributed by atoms with E-state index in [0.29, 0.717) is 22.7 Å². The summed E-state index contributed by atoms with van der Waals surface area (Å²) in [5, 5.41) is 0.